The molecule has 2 N–H and O–H groups in total. The summed E-state index contributed by atoms with van der Waals surface area (Å²) in [4.78, 5) is 16.6. The number of hydrogen-bond acceptors (Lipinski definition) is 5. The average Bonchev–Trinajstić information content (AvgIpc) is 3.46. The van der Waals surface area contributed by atoms with Gasteiger partial charge in [0.2, 0.25) is 11.8 Å². The topological polar surface area (TPSA) is 80.7 Å². The van der Waals surface area contributed by atoms with E-state index >= 15 is 0 Å². The van der Waals surface area contributed by atoms with Crippen LogP contribution in [0.1, 0.15) is 57.9 Å². The van der Waals surface area contributed by atoms with Gasteiger partial charge in [0.15, 0.2) is 0 Å². The van der Waals surface area contributed by atoms with Crippen molar-refractivity contribution in [3.63, 3.8) is 0 Å². The molecule has 0 saturated heterocycles. The van der Waals surface area contributed by atoms with E-state index in [2.05, 4.69) is 10.3 Å². The maximum absolute atomic E-state index is 12.2. The summed E-state index contributed by atoms with van der Waals surface area (Å²) in [6.07, 6.45) is 4.13. The van der Waals surface area contributed by atoms with E-state index < -0.39 is 11.6 Å². The number of hydrogen-bond donors (Lipinski definition) is 2. The molecule has 6 heteroatoms. The number of aliphatic hydroxyl groups excluding tert-OH is 1. The molecule has 1 atom stereocenters. The van der Waals surface area contributed by atoms with Gasteiger partial charge in [-0.25, -0.2) is 4.79 Å². The summed E-state index contributed by atoms with van der Waals surface area (Å²) >= 11 is 0. The molecule has 1 aromatic heterocycles. The smallest absolute Gasteiger partial charge is 0.414 e. The van der Waals surface area contributed by atoms with E-state index in [-0.39, 0.29) is 18.4 Å². The van der Waals surface area contributed by atoms with Crippen molar-refractivity contribution in [3.05, 3.63) is 17.7 Å². The minimum atomic E-state index is -0.740. The van der Waals surface area contributed by atoms with Crippen LogP contribution < -0.4 is 14.8 Å². The van der Waals surface area contributed by atoms with Crippen LogP contribution in [0.15, 0.2) is 12.1 Å². The van der Waals surface area contributed by atoms with E-state index in [1.54, 1.807) is 13.0 Å². The minimum absolute atomic E-state index is 0.0627. The third-order valence-electron chi connectivity index (χ3n) is 5.22. The molecule has 25 heavy (non-hydrogen) atoms. The third kappa shape index (κ3) is 4.63. The number of nitrogens with zero attached hydrogens (tertiary/aromatic N) is 1. The highest BCUT2D eigenvalue weighted by molar-refractivity contribution is 5.71. The monoisotopic (exact) mass is 348 g/mol. The molecule has 0 unspecified atom stereocenters. The fourth-order valence-electron chi connectivity index (χ4n) is 2.51. The lowest BCUT2D eigenvalue weighted by atomic mass is 9.90. The molecule has 0 aromatic carbocycles. The molecule has 1 heterocycles. The van der Waals surface area contributed by atoms with E-state index in [4.69, 9.17) is 9.47 Å². The highest BCUT2D eigenvalue weighted by atomic mass is 16.6. The lowest BCUT2D eigenvalue weighted by Gasteiger charge is -2.32. The van der Waals surface area contributed by atoms with Crippen LogP contribution in [0, 0.1) is 11.8 Å². The predicted octanol–water partition coefficient (Wildman–Crippen LogP) is 3.24. The Hall–Kier alpha value is -1.82. The first-order valence-electron chi connectivity index (χ1n) is 9.16. The number of ether oxygens (including phenoxy) is 2. The Kier molecular flexibility index (Phi) is 5.18. The van der Waals surface area contributed by atoms with Crippen molar-refractivity contribution in [3.8, 4) is 11.8 Å². The van der Waals surface area contributed by atoms with Crippen LogP contribution in [0.3, 0.4) is 0 Å². The van der Waals surface area contributed by atoms with Crippen molar-refractivity contribution < 1.29 is 19.4 Å². The summed E-state index contributed by atoms with van der Waals surface area (Å²) in [6.45, 7) is 6.17. The lowest BCUT2D eigenvalue weighted by Crippen LogP contribution is -2.53. The summed E-state index contributed by atoms with van der Waals surface area (Å²) in [6, 6.07) is 3.66. The van der Waals surface area contributed by atoms with Crippen molar-refractivity contribution >= 4 is 6.09 Å². The Bertz CT molecular complexity index is 626. The normalized spacial score (nSPS) is 19.4. The average molecular weight is 348 g/mol. The number of pyridine rings is 1. The molecule has 0 spiro atoms. The predicted molar refractivity (Wildman–Crippen MR) is 93.9 cm³/mol. The number of amides is 1. The van der Waals surface area contributed by atoms with Gasteiger partial charge in [0.25, 0.3) is 0 Å². The second-order valence-corrected chi connectivity index (χ2v) is 7.82. The van der Waals surface area contributed by atoms with Crippen molar-refractivity contribution in [2.75, 3.05) is 13.2 Å². The summed E-state index contributed by atoms with van der Waals surface area (Å²) in [7, 11) is 0. The van der Waals surface area contributed by atoms with Crippen molar-refractivity contribution in [1.29, 1.82) is 0 Å². The van der Waals surface area contributed by atoms with E-state index in [0.717, 1.165) is 18.4 Å². The molecule has 138 valence electrons. The number of carbonyl (C=O) groups is 1. The van der Waals surface area contributed by atoms with Gasteiger partial charge in [-0.05, 0) is 56.4 Å². The van der Waals surface area contributed by atoms with E-state index in [9.17, 15) is 9.90 Å². The van der Waals surface area contributed by atoms with Crippen molar-refractivity contribution in [2.45, 2.75) is 57.9 Å². The van der Waals surface area contributed by atoms with Crippen LogP contribution in [0.2, 0.25) is 0 Å². The van der Waals surface area contributed by atoms with Crippen LogP contribution in [0.5, 0.6) is 11.8 Å². The van der Waals surface area contributed by atoms with Crippen molar-refractivity contribution in [2.24, 2.45) is 11.8 Å². The molecule has 0 radical (unpaired) electrons. The molecule has 2 saturated carbocycles. The fraction of sp³-hybridized carbons (Fsp3) is 0.684. The van der Waals surface area contributed by atoms with E-state index in [1.165, 1.54) is 12.8 Å². The van der Waals surface area contributed by atoms with E-state index in [1.807, 2.05) is 19.9 Å². The highest BCUT2D eigenvalue weighted by Crippen LogP contribution is 2.44. The Morgan fingerprint density at radius 1 is 1.36 bits per heavy atom. The summed E-state index contributed by atoms with van der Waals surface area (Å²) in [5, 5.41) is 12.3. The highest BCUT2D eigenvalue weighted by Gasteiger charge is 2.32. The SMILES string of the molecule is CC(C)[C@](C)(CO)NC(=O)Oc1ccc(C2CC2)c(OCC2CC2)n1. The van der Waals surface area contributed by atoms with Gasteiger partial charge in [0.05, 0.1) is 18.8 Å². The van der Waals surface area contributed by atoms with Crippen molar-refractivity contribution in [1.82, 2.24) is 10.3 Å². The van der Waals surface area contributed by atoms with E-state index in [0.29, 0.717) is 24.3 Å². The molecule has 2 aliphatic rings. The van der Waals surface area contributed by atoms with Gasteiger partial charge in [0.1, 0.15) is 0 Å². The van der Waals surface area contributed by atoms with Gasteiger partial charge in [-0.1, -0.05) is 13.8 Å². The number of carbonyl (C=O) groups excluding carboxylic acids is 1. The zero-order valence-electron chi connectivity index (χ0n) is 15.2. The van der Waals surface area contributed by atoms with Crippen LogP contribution in [-0.4, -0.2) is 34.9 Å². The van der Waals surface area contributed by atoms with Gasteiger partial charge in [-0.3, -0.25) is 0 Å². The largest absolute Gasteiger partial charge is 0.477 e. The lowest BCUT2D eigenvalue weighted by molar-refractivity contribution is 0.121. The molecule has 0 bridgehead atoms. The summed E-state index contributed by atoms with van der Waals surface area (Å²) in [5.41, 5.74) is 0.367. The second-order valence-electron chi connectivity index (χ2n) is 7.82. The van der Waals surface area contributed by atoms with Gasteiger partial charge in [-0.2, -0.15) is 4.98 Å². The molecule has 2 fully saturated rings. The molecule has 1 amide bonds. The zero-order chi connectivity index (χ0) is 18.0. The van der Waals surface area contributed by atoms with Crippen LogP contribution in [-0.2, 0) is 0 Å². The first kappa shape index (κ1) is 18.0. The molecule has 3 rings (SSSR count). The van der Waals surface area contributed by atoms with Crippen LogP contribution in [0.4, 0.5) is 4.79 Å². The zero-order valence-corrected chi connectivity index (χ0v) is 15.2. The standard InChI is InChI=1S/C19H28N2O4/c1-12(2)19(3,11-22)21-18(23)25-16-9-8-15(14-6-7-14)17(20-16)24-10-13-4-5-13/h8-9,12-14,22H,4-7,10-11H2,1-3H3,(H,21,23)/t19-/m0/s1. The number of aliphatic hydroxyl groups is 1. The molecular weight excluding hydrogens is 320 g/mol. The Morgan fingerprint density at radius 3 is 2.64 bits per heavy atom. The molecule has 1 aromatic rings. The first-order chi connectivity index (χ1) is 11.9. The summed E-state index contributed by atoms with van der Waals surface area (Å²) < 4.78 is 11.2. The van der Waals surface area contributed by atoms with Crippen LogP contribution in [0.25, 0.3) is 0 Å². The quantitative estimate of drug-likeness (QED) is 0.754. The Morgan fingerprint density at radius 2 is 2.08 bits per heavy atom. The Labute approximate surface area is 148 Å². The van der Waals surface area contributed by atoms with Gasteiger partial charge < -0.3 is 19.9 Å². The first-order valence-corrected chi connectivity index (χ1v) is 9.16. The van der Waals surface area contributed by atoms with Gasteiger partial charge in [0, 0.05) is 11.6 Å². The minimum Gasteiger partial charge on any atom is -0.477 e. The maximum Gasteiger partial charge on any atom is 0.414 e. The molecule has 0 aliphatic heterocycles. The summed E-state index contributed by atoms with van der Waals surface area (Å²) in [5.74, 6) is 2.03. The van der Waals surface area contributed by atoms with Gasteiger partial charge >= 0.3 is 6.09 Å². The molecular formula is C19H28N2O4. The third-order valence-corrected chi connectivity index (χ3v) is 5.22. The number of aromatic nitrogens is 1. The molecule has 6 nitrogen and oxygen atoms in total. The fourth-order valence-corrected chi connectivity index (χ4v) is 2.51. The number of rotatable bonds is 8. The maximum atomic E-state index is 12.2. The second kappa shape index (κ2) is 7.20. The van der Waals surface area contributed by atoms with Gasteiger partial charge in [-0.15, -0.1) is 0 Å². The molecule has 2 aliphatic carbocycles. The Balaban J connectivity index is 1.66. The number of nitrogens with one attached hydrogen (secondary N) is 1. The van der Waals surface area contributed by atoms with Crippen LogP contribution >= 0.6 is 0 Å².